The Kier molecular flexibility index (Phi) is 7.67. The number of methoxy groups -OCH3 is 1. The van der Waals surface area contributed by atoms with Gasteiger partial charge in [0.25, 0.3) is 11.1 Å². The highest BCUT2D eigenvalue weighted by Gasteiger charge is 2.16. The first kappa shape index (κ1) is 27.8. The summed E-state index contributed by atoms with van der Waals surface area (Å²) in [5.41, 5.74) is 4.34. The maximum absolute atomic E-state index is 13.5. The molecule has 3 aromatic heterocycles. The van der Waals surface area contributed by atoms with Crippen molar-refractivity contribution in [1.29, 1.82) is 0 Å². The average molecular weight is 590 g/mol. The zero-order valence-corrected chi connectivity index (χ0v) is 24.4. The van der Waals surface area contributed by atoms with Crippen LogP contribution in [0.5, 0.6) is 11.5 Å². The number of rotatable bonds is 9. The van der Waals surface area contributed by atoms with Crippen LogP contribution in [0.1, 0.15) is 22.4 Å². The Morgan fingerprint density at radius 1 is 1.00 bits per heavy atom. The van der Waals surface area contributed by atoms with Gasteiger partial charge in [0.1, 0.15) is 29.5 Å². The Balaban J connectivity index is 1.44. The fraction of sp³-hybridized carbons (Fsp3) is 0.121. The normalized spacial score (nSPS) is 11.6. The monoisotopic (exact) mass is 589 g/mol. The molecular formula is C33H27N5O4S. The van der Waals surface area contributed by atoms with Gasteiger partial charge in [0, 0.05) is 23.7 Å². The Bertz CT molecular complexity index is 2120. The third-order valence-corrected chi connectivity index (χ3v) is 7.80. The number of thiazole rings is 1. The molecule has 3 heterocycles. The molecule has 0 spiro atoms. The molecule has 6 rings (SSSR count). The van der Waals surface area contributed by atoms with E-state index >= 15 is 0 Å². The van der Waals surface area contributed by atoms with Crippen molar-refractivity contribution >= 4 is 22.4 Å². The number of hydrogen-bond acceptors (Lipinski definition) is 8. The summed E-state index contributed by atoms with van der Waals surface area (Å²) in [5, 5.41) is 9.28. The molecule has 0 saturated heterocycles. The largest absolute Gasteiger partial charge is 0.497 e. The van der Waals surface area contributed by atoms with Gasteiger partial charge in [-0.25, -0.2) is 4.68 Å². The molecule has 0 bridgehead atoms. The van der Waals surface area contributed by atoms with E-state index < -0.39 is 5.56 Å². The molecule has 0 atom stereocenters. The topological polar surface area (TPSA) is 101 Å². The molecule has 0 N–H and O–H groups in total. The molecule has 0 aliphatic rings. The first-order chi connectivity index (χ1) is 20.9. The number of fused-ring (bicyclic) bond motifs is 1. The second-order valence-electron chi connectivity index (χ2n) is 9.79. The summed E-state index contributed by atoms with van der Waals surface area (Å²) in [6.07, 6.45) is 5.60. The lowest BCUT2D eigenvalue weighted by Crippen LogP contribution is -2.28. The van der Waals surface area contributed by atoms with Crippen LogP contribution in [-0.2, 0) is 6.42 Å². The average Bonchev–Trinajstić information content (AvgIpc) is 3.58. The molecular weight excluding hydrogens is 562 g/mol. The molecule has 6 aromatic rings. The first-order valence-corrected chi connectivity index (χ1v) is 14.3. The Labute approximate surface area is 250 Å². The predicted molar refractivity (Wildman–Crippen MR) is 167 cm³/mol. The minimum absolute atomic E-state index is 0.191. The molecule has 214 valence electrons. The van der Waals surface area contributed by atoms with Gasteiger partial charge in [0.2, 0.25) is 4.96 Å². The summed E-state index contributed by atoms with van der Waals surface area (Å²) < 4.78 is 14.3. The summed E-state index contributed by atoms with van der Waals surface area (Å²) in [4.78, 5) is 30.8. The third kappa shape index (κ3) is 5.73. The van der Waals surface area contributed by atoms with E-state index in [1.165, 1.54) is 4.52 Å². The van der Waals surface area contributed by atoms with Crippen LogP contribution in [0.2, 0.25) is 0 Å². The van der Waals surface area contributed by atoms with Gasteiger partial charge in [-0.05, 0) is 66.6 Å². The maximum Gasteiger partial charge on any atom is 0.296 e. The minimum Gasteiger partial charge on any atom is -0.497 e. The smallest absolute Gasteiger partial charge is 0.296 e. The lowest BCUT2D eigenvalue weighted by Gasteiger charge is -2.08. The van der Waals surface area contributed by atoms with E-state index in [0.717, 1.165) is 45.0 Å². The van der Waals surface area contributed by atoms with Gasteiger partial charge in [-0.15, -0.1) is 0 Å². The molecule has 0 saturated carbocycles. The number of aromatic nitrogens is 5. The van der Waals surface area contributed by atoms with Gasteiger partial charge >= 0.3 is 0 Å². The highest BCUT2D eigenvalue weighted by Crippen LogP contribution is 2.29. The van der Waals surface area contributed by atoms with E-state index in [1.807, 2.05) is 85.9 Å². The fourth-order valence-electron chi connectivity index (χ4n) is 4.67. The summed E-state index contributed by atoms with van der Waals surface area (Å²) in [7, 11) is 1.59. The SMILES string of the molecule is C=CCOc1ccc(-c2nn(-c3ccccc3)cc2/C=c2\sc3nc(=O)c(Cc4ccc(OC)cc4)nn3c2=O)cc1C. The zero-order chi connectivity index (χ0) is 29.9. The molecule has 9 nitrogen and oxygen atoms in total. The molecule has 3 aromatic carbocycles. The van der Waals surface area contributed by atoms with E-state index in [1.54, 1.807) is 23.9 Å². The highest BCUT2D eigenvalue weighted by molar-refractivity contribution is 7.15. The van der Waals surface area contributed by atoms with Crippen LogP contribution in [0.15, 0.2) is 101 Å². The van der Waals surface area contributed by atoms with Crippen LogP contribution >= 0.6 is 11.3 Å². The van der Waals surface area contributed by atoms with Crippen molar-refractivity contribution in [1.82, 2.24) is 24.4 Å². The predicted octanol–water partition coefficient (Wildman–Crippen LogP) is 4.38. The second kappa shape index (κ2) is 11.9. The molecule has 0 radical (unpaired) electrons. The van der Waals surface area contributed by atoms with Gasteiger partial charge in [-0.3, -0.25) is 9.59 Å². The second-order valence-corrected chi connectivity index (χ2v) is 10.8. The van der Waals surface area contributed by atoms with Crippen molar-refractivity contribution in [3.8, 4) is 28.4 Å². The molecule has 0 amide bonds. The first-order valence-electron chi connectivity index (χ1n) is 13.5. The lowest BCUT2D eigenvalue weighted by atomic mass is 10.0. The van der Waals surface area contributed by atoms with Gasteiger partial charge in [-0.1, -0.05) is 54.3 Å². The summed E-state index contributed by atoms with van der Waals surface area (Å²) in [5.74, 6) is 1.47. The Hall–Kier alpha value is -5.35. The van der Waals surface area contributed by atoms with E-state index in [0.29, 0.717) is 22.6 Å². The van der Waals surface area contributed by atoms with Gasteiger partial charge in [0.15, 0.2) is 0 Å². The Morgan fingerprint density at radius 3 is 2.51 bits per heavy atom. The highest BCUT2D eigenvalue weighted by atomic mass is 32.1. The van der Waals surface area contributed by atoms with E-state index in [4.69, 9.17) is 14.6 Å². The quantitative estimate of drug-likeness (QED) is 0.231. The maximum atomic E-state index is 13.5. The molecule has 0 aliphatic heterocycles. The van der Waals surface area contributed by atoms with Crippen molar-refractivity contribution in [2.45, 2.75) is 13.3 Å². The van der Waals surface area contributed by atoms with Crippen LogP contribution in [0.3, 0.4) is 0 Å². The summed E-state index contributed by atoms with van der Waals surface area (Å²) in [6.45, 7) is 6.09. The number of ether oxygens (including phenoxy) is 2. The molecule has 0 fully saturated rings. The molecule has 0 unspecified atom stereocenters. The van der Waals surface area contributed by atoms with Crippen molar-refractivity contribution in [2.75, 3.05) is 13.7 Å². The fourth-order valence-corrected chi connectivity index (χ4v) is 5.56. The van der Waals surface area contributed by atoms with E-state index in [2.05, 4.69) is 16.7 Å². The van der Waals surface area contributed by atoms with Crippen LogP contribution in [0, 0.1) is 6.92 Å². The van der Waals surface area contributed by atoms with Crippen molar-refractivity contribution in [2.24, 2.45) is 0 Å². The molecule has 10 heteroatoms. The van der Waals surface area contributed by atoms with Gasteiger partial charge in [-0.2, -0.15) is 19.7 Å². The van der Waals surface area contributed by atoms with Crippen molar-refractivity contribution in [3.05, 3.63) is 139 Å². The summed E-state index contributed by atoms with van der Waals surface area (Å²) >= 11 is 1.11. The van der Waals surface area contributed by atoms with Gasteiger partial charge in [0.05, 0.1) is 17.3 Å². The number of nitrogens with zero attached hydrogens (tertiary/aromatic N) is 5. The van der Waals surface area contributed by atoms with Crippen molar-refractivity contribution < 1.29 is 9.47 Å². The van der Waals surface area contributed by atoms with Crippen LogP contribution in [0.25, 0.3) is 28.0 Å². The molecule has 43 heavy (non-hydrogen) atoms. The third-order valence-electron chi connectivity index (χ3n) is 6.84. The van der Waals surface area contributed by atoms with Gasteiger partial charge < -0.3 is 9.47 Å². The summed E-state index contributed by atoms with van der Waals surface area (Å²) in [6, 6.07) is 22.9. The minimum atomic E-state index is -0.463. The number of para-hydroxylation sites is 1. The standard InChI is InChI=1S/C33H27N5O4S/c1-4-16-42-28-15-12-23(17-21(28)2)30-24(20-37(36-30)25-8-6-5-7-9-25)19-29-32(40)38-33(43-29)34-31(39)27(35-38)18-22-10-13-26(41-3)14-11-22/h4-15,17,19-20H,1,16,18H2,2-3H3/b29-19-. The lowest BCUT2D eigenvalue weighted by molar-refractivity contribution is 0.361. The van der Waals surface area contributed by atoms with E-state index in [-0.39, 0.29) is 22.6 Å². The van der Waals surface area contributed by atoms with E-state index in [9.17, 15) is 9.59 Å². The van der Waals surface area contributed by atoms with Crippen LogP contribution < -0.4 is 25.1 Å². The van der Waals surface area contributed by atoms with Crippen LogP contribution in [-0.4, -0.2) is 38.1 Å². The Morgan fingerprint density at radius 2 is 1.79 bits per heavy atom. The number of benzene rings is 3. The number of hydrogen-bond donors (Lipinski definition) is 0. The molecule has 0 aliphatic carbocycles. The number of aryl methyl sites for hydroxylation is 1. The van der Waals surface area contributed by atoms with Crippen LogP contribution in [0.4, 0.5) is 0 Å². The van der Waals surface area contributed by atoms with Crippen molar-refractivity contribution in [3.63, 3.8) is 0 Å². The zero-order valence-electron chi connectivity index (χ0n) is 23.6.